The molecule has 1 aliphatic heterocycles. The maximum absolute atomic E-state index is 11.9. The standard InChI is InChI=1S/C12H19NO4/c1-8(10(14)15)9-6-5-7-13(9)11(16)17-12(2,3)4/h9H,1,5-7H2,2-4H3,(H,14,15)/t9-/m1/s1. The van der Waals surface area contributed by atoms with Gasteiger partial charge in [0.2, 0.25) is 0 Å². The highest BCUT2D eigenvalue weighted by atomic mass is 16.6. The molecule has 1 fully saturated rings. The third kappa shape index (κ3) is 3.47. The Kier molecular flexibility index (Phi) is 3.80. The molecule has 0 saturated carbocycles. The van der Waals surface area contributed by atoms with Crippen LogP contribution in [0.25, 0.3) is 0 Å². The van der Waals surface area contributed by atoms with Crippen molar-refractivity contribution in [2.24, 2.45) is 0 Å². The van der Waals surface area contributed by atoms with Crippen LogP contribution in [0.1, 0.15) is 33.6 Å². The van der Waals surface area contributed by atoms with E-state index < -0.39 is 23.7 Å². The number of rotatable bonds is 2. The largest absolute Gasteiger partial charge is 0.478 e. The van der Waals surface area contributed by atoms with E-state index in [0.29, 0.717) is 13.0 Å². The van der Waals surface area contributed by atoms with Gasteiger partial charge >= 0.3 is 12.1 Å². The summed E-state index contributed by atoms with van der Waals surface area (Å²) in [7, 11) is 0. The summed E-state index contributed by atoms with van der Waals surface area (Å²) in [4.78, 5) is 24.2. The average Bonchev–Trinajstić information content (AvgIpc) is 2.61. The van der Waals surface area contributed by atoms with Crippen LogP contribution in [0, 0.1) is 0 Å². The van der Waals surface area contributed by atoms with Gasteiger partial charge in [-0.3, -0.25) is 0 Å². The first-order valence-corrected chi connectivity index (χ1v) is 5.64. The molecule has 96 valence electrons. The fourth-order valence-electron chi connectivity index (χ4n) is 1.81. The van der Waals surface area contributed by atoms with E-state index in [4.69, 9.17) is 9.84 Å². The molecule has 0 radical (unpaired) electrons. The predicted molar refractivity (Wildman–Crippen MR) is 62.7 cm³/mol. The van der Waals surface area contributed by atoms with E-state index in [1.807, 2.05) is 0 Å². The van der Waals surface area contributed by atoms with Gasteiger partial charge in [-0.1, -0.05) is 6.58 Å². The van der Waals surface area contributed by atoms with Crippen molar-refractivity contribution >= 4 is 12.1 Å². The number of hydrogen-bond donors (Lipinski definition) is 1. The van der Waals surface area contributed by atoms with Gasteiger partial charge in [-0.2, -0.15) is 0 Å². The highest BCUT2D eigenvalue weighted by molar-refractivity contribution is 5.88. The molecule has 1 atom stereocenters. The zero-order valence-electron chi connectivity index (χ0n) is 10.5. The normalized spacial score (nSPS) is 20.2. The van der Waals surface area contributed by atoms with E-state index in [1.165, 1.54) is 4.90 Å². The van der Waals surface area contributed by atoms with Gasteiger partial charge in [-0.15, -0.1) is 0 Å². The van der Waals surface area contributed by atoms with E-state index in [0.717, 1.165) is 6.42 Å². The Balaban J connectivity index is 2.73. The molecule has 5 heteroatoms. The van der Waals surface area contributed by atoms with Crippen molar-refractivity contribution in [3.8, 4) is 0 Å². The van der Waals surface area contributed by atoms with E-state index in [2.05, 4.69) is 6.58 Å². The lowest BCUT2D eigenvalue weighted by molar-refractivity contribution is -0.133. The summed E-state index contributed by atoms with van der Waals surface area (Å²) in [5, 5.41) is 8.90. The molecule has 0 aromatic rings. The van der Waals surface area contributed by atoms with E-state index in [9.17, 15) is 9.59 Å². The Hall–Kier alpha value is -1.52. The third-order valence-corrected chi connectivity index (χ3v) is 2.56. The van der Waals surface area contributed by atoms with Crippen LogP contribution in [-0.4, -0.2) is 40.3 Å². The topological polar surface area (TPSA) is 66.8 Å². The van der Waals surface area contributed by atoms with E-state index >= 15 is 0 Å². The molecular weight excluding hydrogens is 222 g/mol. The number of amides is 1. The van der Waals surface area contributed by atoms with Crippen LogP contribution in [0.5, 0.6) is 0 Å². The van der Waals surface area contributed by atoms with Crippen molar-refractivity contribution in [1.29, 1.82) is 0 Å². The molecule has 0 aromatic carbocycles. The molecule has 0 unspecified atom stereocenters. The number of hydrogen-bond acceptors (Lipinski definition) is 3. The van der Waals surface area contributed by atoms with Crippen LogP contribution in [0.15, 0.2) is 12.2 Å². The molecule has 0 aliphatic carbocycles. The summed E-state index contributed by atoms with van der Waals surface area (Å²) in [6, 6.07) is -0.442. The molecule has 0 bridgehead atoms. The molecule has 0 aromatic heterocycles. The Morgan fingerprint density at radius 3 is 2.47 bits per heavy atom. The molecule has 1 aliphatic rings. The SMILES string of the molecule is C=C(C(=O)O)[C@H]1CCCN1C(=O)OC(C)(C)C. The molecule has 1 saturated heterocycles. The Morgan fingerprint density at radius 1 is 1.41 bits per heavy atom. The minimum absolute atomic E-state index is 0.0494. The summed E-state index contributed by atoms with van der Waals surface area (Å²) in [6.45, 7) is 9.38. The molecule has 0 spiro atoms. The second-order valence-corrected chi connectivity index (χ2v) is 5.16. The zero-order chi connectivity index (χ0) is 13.2. The summed E-state index contributed by atoms with van der Waals surface area (Å²) in [5.41, 5.74) is -0.525. The summed E-state index contributed by atoms with van der Waals surface area (Å²) in [5.74, 6) is -1.06. The number of likely N-dealkylation sites (tertiary alicyclic amines) is 1. The second kappa shape index (κ2) is 4.77. The minimum atomic E-state index is -1.06. The van der Waals surface area contributed by atoms with Gasteiger partial charge in [0.25, 0.3) is 0 Å². The maximum atomic E-state index is 11.9. The molecule has 1 N–H and O–H groups in total. The van der Waals surface area contributed by atoms with Gasteiger partial charge in [0, 0.05) is 6.54 Å². The number of carboxylic acid groups (broad SMARTS) is 1. The van der Waals surface area contributed by atoms with Gasteiger partial charge < -0.3 is 14.7 Å². The average molecular weight is 241 g/mol. The van der Waals surface area contributed by atoms with Crippen molar-refractivity contribution in [1.82, 2.24) is 4.90 Å². The predicted octanol–water partition coefficient (Wildman–Crippen LogP) is 2.03. The molecular formula is C12H19NO4. The first-order valence-electron chi connectivity index (χ1n) is 5.64. The molecule has 1 rings (SSSR count). The number of nitrogens with zero attached hydrogens (tertiary/aromatic N) is 1. The number of carbonyl (C=O) groups is 2. The van der Waals surface area contributed by atoms with Gasteiger partial charge in [0.15, 0.2) is 0 Å². The molecule has 5 nitrogen and oxygen atoms in total. The van der Waals surface area contributed by atoms with Crippen LogP contribution in [0.4, 0.5) is 4.79 Å². The number of carbonyl (C=O) groups excluding carboxylic acids is 1. The van der Waals surface area contributed by atoms with Crippen LogP contribution >= 0.6 is 0 Å². The monoisotopic (exact) mass is 241 g/mol. The fraction of sp³-hybridized carbons (Fsp3) is 0.667. The minimum Gasteiger partial charge on any atom is -0.478 e. The molecule has 17 heavy (non-hydrogen) atoms. The van der Waals surface area contributed by atoms with Crippen molar-refractivity contribution in [3.05, 3.63) is 12.2 Å². The van der Waals surface area contributed by atoms with Gasteiger partial charge in [-0.05, 0) is 33.6 Å². The summed E-state index contributed by atoms with van der Waals surface area (Å²) in [6.07, 6.45) is 0.933. The van der Waals surface area contributed by atoms with Gasteiger partial charge in [-0.25, -0.2) is 9.59 Å². The Labute approximate surface area is 101 Å². The maximum Gasteiger partial charge on any atom is 0.410 e. The van der Waals surface area contributed by atoms with Crippen LogP contribution < -0.4 is 0 Å². The lowest BCUT2D eigenvalue weighted by Gasteiger charge is -2.28. The summed E-state index contributed by atoms with van der Waals surface area (Å²) >= 11 is 0. The van der Waals surface area contributed by atoms with Crippen molar-refractivity contribution in [3.63, 3.8) is 0 Å². The lowest BCUT2D eigenvalue weighted by Crippen LogP contribution is -2.41. The molecule has 1 amide bonds. The van der Waals surface area contributed by atoms with Crippen LogP contribution in [0.3, 0.4) is 0 Å². The highest BCUT2D eigenvalue weighted by Gasteiger charge is 2.35. The Bertz CT molecular complexity index is 343. The first-order chi connectivity index (χ1) is 7.72. The number of ether oxygens (including phenoxy) is 1. The highest BCUT2D eigenvalue weighted by Crippen LogP contribution is 2.25. The van der Waals surface area contributed by atoms with E-state index in [-0.39, 0.29) is 5.57 Å². The molecule has 1 heterocycles. The zero-order valence-corrected chi connectivity index (χ0v) is 10.5. The van der Waals surface area contributed by atoms with Gasteiger partial charge in [0.1, 0.15) is 5.60 Å². The van der Waals surface area contributed by atoms with Crippen molar-refractivity contribution < 1.29 is 19.4 Å². The summed E-state index contributed by atoms with van der Waals surface area (Å²) < 4.78 is 5.23. The quantitative estimate of drug-likeness (QED) is 0.751. The number of carboxylic acids is 1. The third-order valence-electron chi connectivity index (χ3n) is 2.56. The second-order valence-electron chi connectivity index (χ2n) is 5.16. The Morgan fingerprint density at radius 2 is 2.00 bits per heavy atom. The van der Waals surface area contributed by atoms with Gasteiger partial charge in [0.05, 0.1) is 11.6 Å². The lowest BCUT2D eigenvalue weighted by atomic mass is 10.1. The van der Waals surface area contributed by atoms with Crippen molar-refractivity contribution in [2.45, 2.75) is 45.3 Å². The first kappa shape index (κ1) is 13.5. The van der Waals surface area contributed by atoms with E-state index in [1.54, 1.807) is 20.8 Å². The fourth-order valence-corrected chi connectivity index (χ4v) is 1.81. The number of aliphatic carboxylic acids is 1. The van der Waals surface area contributed by atoms with Crippen molar-refractivity contribution in [2.75, 3.05) is 6.54 Å². The van der Waals surface area contributed by atoms with Crippen LogP contribution in [0.2, 0.25) is 0 Å². The smallest absolute Gasteiger partial charge is 0.410 e. The van der Waals surface area contributed by atoms with Crippen LogP contribution in [-0.2, 0) is 9.53 Å².